The maximum absolute atomic E-state index is 14.1. The molecule has 224 valence electrons. The van der Waals surface area contributed by atoms with E-state index in [0.717, 1.165) is 63.4 Å². The molecule has 9 heteroatoms. The average molecular weight is 584 g/mol. The first kappa shape index (κ1) is 30.0. The number of benzene rings is 2. The highest BCUT2D eigenvalue weighted by Crippen LogP contribution is 2.34. The minimum atomic E-state index is -3.85. The van der Waals surface area contributed by atoms with Gasteiger partial charge in [0.15, 0.2) is 0 Å². The smallest absolute Gasteiger partial charge is 0.243 e. The van der Waals surface area contributed by atoms with Crippen LogP contribution in [0.3, 0.4) is 0 Å². The summed E-state index contributed by atoms with van der Waals surface area (Å²) in [6.07, 6.45) is 8.60. The number of methoxy groups -OCH3 is 1. The predicted molar refractivity (Wildman–Crippen MR) is 159 cm³/mol. The van der Waals surface area contributed by atoms with Crippen LogP contribution in [0.25, 0.3) is 0 Å². The quantitative estimate of drug-likeness (QED) is 0.415. The Balaban J connectivity index is 1.37. The van der Waals surface area contributed by atoms with Crippen LogP contribution in [0.1, 0.15) is 63.4 Å². The number of sulfonamides is 1. The zero-order chi connectivity index (χ0) is 28.9. The number of β-amino-alcohol motifs (C(OH)–C–C–N with tert-alkyl or cyclic N) is 1. The Morgan fingerprint density at radius 3 is 2.37 bits per heavy atom. The van der Waals surface area contributed by atoms with Crippen molar-refractivity contribution < 1.29 is 23.1 Å². The molecular weight excluding hydrogens is 538 g/mol. The van der Waals surface area contributed by atoms with Gasteiger partial charge in [0.2, 0.25) is 15.9 Å². The summed E-state index contributed by atoms with van der Waals surface area (Å²) in [6, 6.07) is 16.4. The fourth-order valence-electron chi connectivity index (χ4n) is 6.95. The lowest BCUT2D eigenvalue weighted by Crippen LogP contribution is -2.69. The van der Waals surface area contributed by atoms with Crippen molar-refractivity contribution in [2.45, 2.75) is 86.8 Å². The van der Waals surface area contributed by atoms with Crippen molar-refractivity contribution in [1.82, 2.24) is 14.5 Å². The number of hydrogen-bond donors (Lipinski definition) is 2. The molecule has 1 saturated heterocycles. The van der Waals surface area contributed by atoms with Gasteiger partial charge >= 0.3 is 0 Å². The van der Waals surface area contributed by atoms with Crippen LogP contribution >= 0.6 is 0 Å². The second-order valence-electron chi connectivity index (χ2n) is 12.1. The topological polar surface area (TPSA) is 99.2 Å². The number of carbonyl (C=O) groups excluding carboxylic acids is 1. The summed E-state index contributed by atoms with van der Waals surface area (Å²) in [6.45, 7) is 1.09. The van der Waals surface area contributed by atoms with E-state index in [4.69, 9.17) is 4.74 Å². The van der Waals surface area contributed by atoms with Crippen molar-refractivity contribution in [3.8, 4) is 5.75 Å². The maximum Gasteiger partial charge on any atom is 0.243 e. The van der Waals surface area contributed by atoms with Crippen molar-refractivity contribution in [3.63, 3.8) is 0 Å². The average Bonchev–Trinajstić information content (AvgIpc) is 3.51. The summed E-state index contributed by atoms with van der Waals surface area (Å²) in [4.78, 5) is 16.1. The van der Waals surface area contributed by atoms with E-state index in [9.17, 15) is 18.3 Å². The molecule has 2 atom stereocenters. The summed E-state index contributed by atoms with van der Waals surface area (Å²) in [5.41, 5.74) is 0.556. The minimum absolute atomic E-state index is 0.0452. The second kappa shape index (κ2) is 13.2. The monoisotopic (exact) mass is 583 g/mol. The number of nitrogens with zero attached hydrogens (tertiary/aromatic N) is 2. The molecule has 1 aliphatic heterocycles. The first-order valence-electron chi connectivity index (χ1n) is 15.2. The van der Waals surface area contributed by atoms with E-state index < -0.39 is 21.7 Å². The van der Waals surface area contributed by atoms with Crippen molar-refractivity contribution in [2.75, 3.05) is 33.3 Å². The van der Waals surface area contributed by atoms with Crippen molar-refractivity contribution >= 4 is 15.9 Å². The van der Waals surface area contributed by atoms with Gasteiger partial charge in [0.25, 0.3) is 0 Å². The molecule has 0 aromatic heterocycles. The molecule has 2 aromatic rings. The molecule has 2 aromatic carbocycles. The highest BCUT2D eigenvalue weighted by molar-refractivity contribution is 7.89. The van der Waals surface area contributed by atoms with Gasteiger partial charge in [-0.05, 0) is 67.9 Å². The van der Waals surface area contributed by atoms with E-state index in [1.807, 2.05) is 23.1 Å². The molecule has 3 aliphatic rings. The molecule has 0 unspecified atom stereocenters. The summed E-state index contributed by atoms with van der Waals surface area (Å²) in [5.74, 6) is 0.904. The van der Waals surface area contributed by atoms with E-state index in [1.165, 1.54) is 4.31 Å². The molecule has 5 rings (SSSR count). The first-order valence-corrected chi connectivity index (χ1v) is 16.7. The van der Waals surface area contributed by atoms with Gasteiger partial charge in [0.1, 0.15) is 5.75 Å². The third kappa shape index (κ3) is 6.96. The number of aliphatic hydroxyl groups is 1. The number of ether oxygens (including phenoxy) is 1. The fraction of sp³-hybridized carbons (Fsp3) is 0.594. The van der Waals surface area contributed by atoms with Gasteiger partial charge in [-0.2, -0.15) is 4.31 Å². The molecular formula is C32H45N3O5S. The van der Waals surface area contributed by atoms with Crippen LogP contribution in [0.5, 0.6) is 5.75 Å². The molecule has 41 heavy (non-hydrogen) atoms. The SMILES string of the molecule is COc1ccc(S(=O)(=O)N(CC2CCCC2)C[C@@H](O)CN2C(=O)C3(CCCCC3)NC[C@@H]2Cc2ccccc2)cc1. The lowest BCUT2D eigenvalue weighted by molar-refractivity contribution is -0.148. The Morgan fingerprint density at radius 2 is 1.71 bits per heavy atom. The number of hydrogen-bond acceptors (Lipinski definition) is 6. The molecule has 0 radical (unpaired) electrons. The van der Waals surface area contributed by atoms with E-state index >= 15 is 0 Å². The molecule has 1 amide bonds. The number of carbonyl (C=O) groups is 1. The molecule has 0 bridgehead atoms. The summed E-state index contributed by atoms with van der Waals surface area (Å²) >= 11 is 0. The van der Waals surface area contributed by atoms with Gasteiger partial charge in [0, 0.05) is 32.2 Å². The van der Waals surface area contributed by atoms with E-state index in [-0.39, 0.29) is 35.9 Å². The van der Waals surface area contributed by atoms with Crippen molar-refractivity contribution in [3.05, 3.63) is 60.2 Å². The number of rotatable bonds is 11. The lowest BCUT2D eigenvalue weighted by Gasteiger charge is -2.49. The zero-order valence-electron chi connectivity index (χ0n) is 24.2. The van der Waals surface area contributed by atoms with Crippen molar-refractivity contribution in [2.24, 2.45) is 5.92 Å². The van der Waals surface area contributed by atoms with Gasteiger partial charge in [-0.25, -0.2) is 8.42 Å². The Kier molecular flexibility index (Phi) is 9.69. The van der Waals surface area contributed by atoms with Gasteiger partial charge in [-0.15, -0.1) is 0 Å². The molecule has 8 nitrogen and oxygen atoms in total. The first-order chi connectivity index (χ1) is 19.8. The standard InChI is InChI=1S/C32H45N3O5S/c1-40-29-14-16-30(17-15-29)41(38,39)34(22-26-12-6-7-13-26)23-28(36)24-35-27(20-25-10-4-2-5-11-25)21-33-32(31(35)37)18-8-3-9-19-32/h2,4-5,10-11,14-17,26-28,33,36H,3,6-9,12-13,18-24H2,1H3/t27-,28+/m0/s1. The van der Waals surface area contributed by atoms with E-state index in [0.29, 0.717) is 25.3 Å². The number of piperazine rings is 1. The van der Waals surface area contributed by atoms with Crippen molar-refractivity contribution in [1.29, 1.82) is 0 Å². The van der Waals surface area contributed by atoms with Gasteiger partial charge in [-0.1, -0.05) is 62.4 Å². The van der Waals surface area contributed by atoms with Gasteiger partial charge < -0.3 is 20.1 Å². The Hall–Kier alpha value is -2.46. The predicted octanol–water partition coefficient (Wildman–Crippen LogP) is 3.98. The number of aliphatic hydroxyl groups excluding tert-OH is 1. The fourth-order valence-corrected chi connectivity index (χ4v) is 8.51. The highest BCUT2D eigenvalue weighted by Gasteiger charge is 2.47. The lowest BCUT2D eigenvalue weighted by atomic mass is 9.78. The molecule has 1 heterocycles. The van der Waals surface area contributed by atoms with E-state index in [2.05, 4.69) is 17.4 Å². The maximum atomic E-state index is 14.1. The summed E-state index contributed by atoms with van der Waals surface area (Å²) in [7, 11) is -2.30. The van der Waals surface area contributed by atoms with Crippen LogP contribution in [0, 0.1) is 5.92 Å². The van der Waals surface area contributed by atoms with Crippen LogP contribution in [-0.4, -0.2) is 79.6 Å². The number of amides is 1. The van der Waals surface area contributed by atoms with Crippen LogP contribution in [0.15, 0.2) is 59.5 Å². The summed E-state index contributed by atoms with van der Waals surface area (Å²) in [5, 5.41) is 15.1. The van der Waals surface area contributed by atoms with Crippen LogP contribution in [0.2, 0.25) is 0 Å². The zero-order valence-corrected chi connectivity index (χ0v) is 25.0. The largest absolute Gasteiger partial charge is 0.497 e. The molecule has 2 aliphatic carbocycles. The normalized spacial score (nSPS) is 22.4. The van der Waals surface area contributed by atoms with Gasteiger partial charge in [-0.3, -0.25) is 4.79 Å². The number of nitrogens with one attached hydrogen (secondary N) is 1. The molecule has 1 spiro atoms. The van der Waals surface area contributed by atoms with Gasteiger partial charge in [0.05, 0.1) is 23.6 Å². The third-order valence-electron chi connectivity index (χ3n) is 9.26. The molecule has 3 fully saturated rings. The Bertz CT molecular complexity index is 1240. The van der Waals surface area contributed by atoms with Crippen LogP contribution < -0.4 is 10.1 Å². The van der Waals surface area contributed by atoms with E-state index in [1.54, 1.807) is 31.4 Å². The van der Waals surface area contributed by atoms with Crippen LogP contribution in [0.4, 0.5) is 0 Å². The molecule has 2 saturated carbocycles. The third-order valence-corrected chi connectivity index (χ3v) is 11.1. The summed E-state index contributed by atoms with van der Waals surface area (Å²) < 4.78 is 34.4. The van der Waals surface area contributed by atoms with Crippen LogP contribution in [-0.2, 0) is 21.2 Å². The second-order valence-corrected chi connectivity index (χ2v) is 14.1. The molecule has 2 N–H and O–H groups in total. The Morgan fingerprint density at radius 1 is 1.02 bits per heavy atom. The Labute approximate surface area is 245 Å². The highest BCUT2D eigenvalue weighted by atomic mass is 32.2. The minimum Gasteiger partial charge on any atom is -0.497 e.